The average molecular weight is 325 g/mol. The van der Waals surface area contributed by atoms with E-state index in [0.717, 1.165) is 43.0 Å². The topological polar surface area (TPSA) is 58.6 Å². The highest BCUT2D eigenvalue weighted by molar-refractivity contribution is 7.10. The van der Waals surface area contributed by atoms with Gasteiger partial charge in [-0.15, -0.1) is 11.3 Å². The van der Waals surface area contributed by atoms with E-state index in [1.165, 1.54) is 0 Å². The van der Waals surface area contributed by atoms with Crippen molar-refractivity contribution in [1.82, 2.24) is 5.32 Å². The second-order valence-corrected chi connectivity index (χ2v) is 7.55. The molecule has 2 heterocycles. The lowest BCUT2D eigenvalue weighted by Crippen LogP contribution is -2.27. The summed E-state index contributed by atoms with van der Waals surface area (Å²) < 4.78 is 5.68. The highest BCUT2D eigenvalue weighted by Gasteiger charge is 2.30. The Morgan fingerprint density at radius 3 is 3.00 bits per heavy atom. The van der Waals surface area contributed by atoms with E-state index in [0.29, 0.717) is 18.9 Å². The van der Waals surface area contributed by atoms with Gasteiger partial charge in [-0.25, -0.2) is 0 Å². The maximum atomic E-state index is 11.5. The SMILES string of the molecule is CC(C)CCOCc1csc(C[C@H](C(=O)O)[C@H]2CCNC2)c1. The summed E-state index contributed by atoms with van der Waals surface area (Å²) in [5.41, 5.74) is 1.16. The number of rotatable bonds is 9. The lowest BCUT2D eigenvalue weighted by molar-refractivity contribution is -0.143. The molecule has 0 saturated carbocycles. The van der Waals surface area contributed by atoms with Crippen LogP contribution in [-0.4, -0.2) is 30.8 Å². The fraction of sp³-hybridized carbons (Fsp3) is 0.706. The van der Waals surface area contributed by atoms with E-state index < -0.39 is 5.97 Å². The molecule has 1 saturated heterocycles. The summed E-state index contributed by atoms with van der Waals surface area (Å²) in [6.07, 6.45) is 2.68. The molecule has 1 fully saturated rings. The van der Waals surface area contributed by atoms with E-state index in [4.69, 9.17) is 4.74 Å². The van der Waals surface area contributed by atoms with Gasteiger partial charge in [-0.05, 0) is 61.2 Å². The van der Waals surface area contributed by atoms with Crippen molar-refractivity contribution in [2.24, 2.45) is 17.8 Å². The van der Waals surface area contributed by atoms with Gasteiger partial charge < -0.3 is 15.2 Å². The molecule has 0 radical (unpaired) electrons. The number of hydrogen-bond donors (Lipinski definition) is 2. The van der Waals surface area contributed by atoms with Gasteiger partial charge in [0.25, 0.3) is 0 Å². The van der Waals surface area contributed by atoms with Gasteiger partial charge in [0.15, 0.2) is 0 Å². The van der Waals surface area contributed by atoms with Crippen molar-refractivity contribution in [3.63, 3.8) is 0 Å². The van der Waals surface area contributed by atoms with Crippen LogP contribution in [0.2, 0.25) is 0 Å². The molecule has 1 aromatic rings. The highest BCUT2D eigenvalue weighted by Crippen LogP contribution is 2.26. The number of thiophene rings is 1. The number of ether oxygens (including phenoxy) is 1. The van der Waals surface area contributed by atoms with Crippen LogP contribution in [-0.2, 0) is 22.6 Å². The first kappa shape index (κ1) is 17.4. The molecule has 2 atom stereocenters. The second kappa shape index (κ2) is 8.65. The minimum Gasteiger partial charge on any atom is -0.481 e. The van der Waals surface area contributed by atoms with Gasteiger partial charge in [-0.1, -0.05) is 13.8 Å². The highest BCUT2D eigenvalue weighted by atomic mass is 32.1. The molecular weight excluding hydrogens is 298 g/mol. The van der Waals surface area contributed by atoms with Crippen LogP contribution in [0.3, 0.4) is 0 Å². The van der Waals surface area contributed by atoms with Crippen LogP contribution in [0.25, 0.3) is 0 Å². The van der Waals surface area contributed by atoms with Crippen LogP contribution in [0.5, 0.6) is 0 Å². The molecule has 22 heavy (non-hydrogen) atoms. The van der Waals surface area contributed by atoms with Crippen LogP contribution >= 0.6 is 11.3 Å². The number of hydrogen-bond acceptors (Lipinski definition) is 4. The Morgan fingerprint density at radius 1 is 1.55 bits per heavy atom. The molecule has 0 bridgehead atoms. The molecule has 0 spiro atoms. The maximum Gasteiger partial charge on any atom is 0.307 e. The molecular formula is C17H27NO3S. The van der Waals surface area contributed by atoms with Gasteiger partial charge in [-0.3, -0.25) is 4.79 Å². The Labute approximate surface area is 136 Å². The number of carbonyl (C=O) groups is 1. The quantitative estimate of drug-likeness (QED) is 0.685. The molecule has 4 nitrogen and oxygen atoms in total. The van der Waals surface area contributed by atoms with Crippen LogP contribution in [0.4, 0.5) is 0 Å². The summed E-state index contributed by atoms with van der Waals surface area (Å²) >= 11 is 1.65. The molecule has 0 aromatic carbocycles. The van der Waals surface area contributed by atoms with Gasteiger partial charge >= 0.3 is 5.97 Å². The van der Waals surface area contributed by atoms with Crippen LogP contribution < -0.4 is 5.32 Å². The summed E-state index contributed by atoms with van der Waals surface area (Å²) in [5.74, 6) is -0.0279. The van der Waals surface area contributed by atoms with E-state index >= 15 is 0 Å². The Balaban J connectivity index is 1.83. The Hall–Kier alpha value is -0.910. The predicted molar refractivity (Wildman–Crippen MR) is 89.2 cm³/mol. The maximum absolute atomic E-state index is 11.5. The lowest BCUT2D eigenvalue weighted by Gasteiger charge is -2.17. The largest absolute Gasteiger partial charge is 0.481 e. The van der Waals surface area contributed by atoms with Crippen molar-refractivity contribution in [2.75, 3.05) is 19.7 Å². The zero-order chi connectivity index (χ0) is 15.9. The van der Waals surface area contributed by atoms with Crippen molar-refractivity contribution >= 4 is 17.3 Å². The fourth-order valence-corrected chi connectivity index (χ4v) is 3.74. The number of aliphatic carboxylic acids is 1. The Kier molecular flexibility index (Phi) is 6.86. The standard InChI is InChI=1S/C17H27NO3S/c1-12(2)4-6-21-10-13-7-15(22-11-13)8-16(17(19)20)14-3-5-18-9-14/h7,11-12,14,16,18H,3-6,8-10H2,1-2H3,(H,19,20)/t14-,16-/m0/s1. The summed E-state index contributed by atoms with van der Waals surface area (Å²) in [7, 11) is 0. The predicted octanol–water partition coefficient (Wildman–Crippen LogP) is 3.16. The van der Waals surface area contributed by atoms with Crippen molar-refractivity contribution in [1.29, 1.82) is 0 Å². The van der Waals surface area contributed by atoms with Crippen LogP contribution in [0.15, 0.2) is 11.4 Å². The van der Waals surface area contributed by atoms with Crippen molar-refractivity contribution in [2.45, 2.75) is 39.7 Å². The van der Waals surface area contributed by atoms with Gasteiger partial charge in [0.1, 0.15) is 0 Å². The third-order valence-corrected chi connectivity index (χ3v) is 5.23. The number of nitrogens with one attached hydrogen (secondary N) is 1. The zero-order valence-corrected chi connectivity index (χ0v) is 14.3. The number of carboxylic acids is 1. The summed E-state index contributed by atoms with van der Waals surface area (Å²) in [6.45, 7) is 7.56. The van der Waals surface area contributed by atoms with Crippen molar-refractivity contribution in [3.8, 4) is 0 Å². The number of carboxylic acid groups (broad SMARTS) is 1. The van der Waals surface area contributed by atoms with Gasteiger partial charge in [0, 0.05) is 11.5 Å². The lowest BCUT2D eigenvalue weighted by atomic mass is 9.88. The molecule has 1 aliphatic rings. The molecule has 2 N–H and O–H groups in total. The molecule has 0 amide bonds. The average Bonchev–Trinajstić information content (AvgIpc) is 3.12. The monoisotopic (exact) mass is 325 g/mol. The molecule has 5 heteroatoms. The molecule has 1 aliphatic heterocycles. The summed E-state index contributed by atoms with van der Waals surface area (Å²) in [5, 5.41) is 14.8. The van der Waals surface area contributed by atoms with E-state index in [-0.39, 0.29) is 11.8 Å². The van der Waals surface area contributed by atoms with Gasteiger partial charge in [-0.2, -0.15) is 0 Å². The van der Waals surface area contributed by atoms with Crippen molar-refractivity contribution < 1.29 is 14.6 Å². The first-order chi connectivity index (χ1) is 10.6. The second-order valence-electron chi connectivity index (χ2n) is 6.56. The molecule has 0 aliphatic carbocycles. The van der Waals surface area contributed by atoms with Crippen LogP contribution in [0, 0.1) is 17.8 Å². The van der Waals surface area contributed by atoms with Gasteiger partial charge in [0.2, 0.25) is 0 Å². The summed E-state index contributed by atoms with van der Waals surface area (Å²) in [4.78, 5) is 12.7. The Morgan fingerprint density at radius 2 is 2.36 bits per heavy atom. The first-order valence-corrected chi connectivity index (χ1v) is 9.01. The van der Waals surface area contributed by atoms with E-state index in [2.05, 4.69) is 30.6 Å². The van der Waals surface area contributed by atoms with Crippen molar-refractivity contribution in [3.05, 3.63) is 21.9 Å². The third kappa shape index (κ3) is 5.38. The third-order valence-electron chi connectivity index (χ3n) is 4.22. The fourth-order valence-electron chi connectivity index (χ4n) is 2.81. The molecule has 1 aromatic heterocycles. The Bertz CT molecular complexity index is 466. The molecule has 2 rings (SSSR count). The minimum absolute atomic E-state index is 0.255. The normalized spacial score (nSPS) is 19.7. The van der Waals surface area contributed by atoms with Crippen LogP contribution in [0.1, 0.15) is 37.1 Å². The van der Waals surface area contributed by atoms with E-state index in [1.54, 1.807) is 11.3 Å². The van der Waals surface area contributed by atoms with E-state index in [9.17, 15) is 9.90 Å². The van der Waals surface area contributed by atoms with E-state index in [1.807, 2.05) is 0 Å². The minimum atomic E-state index is -0.670. The first-order valence-electron chi connectivity index (χ1n) is 8.13. The molecule has 124 valence electrons. The zero-order valence-electron chi connectivity index (χ0n) is 13.5. The molecule has 0 unspecified atom stereocenters. The smallest absolute Gasteiger partial charge is 0.307 e. The summed E-state index contributed by atoms with van der Waals surface area (Å²) in [6, 6.07) is 2.11. The van der Waals surface area contributed by atoms with Gasteiger partial charge in [0.05, 0.1) is 12.5 Å².